The van der Waals surface area contributed by atoms with Gasteiger partial charge in [0.1, 0.15) is 5.82 Å². The van der Waals surface area contributed by atoms with Gasteiger partial charge in [-0.2, -0.15) is 0 Å². The largest absolute Gasteiger partial charge is 0.367 e. The van der Waals surface area contributed by atoms with E-state index in [9.17, 15) is 4.39 Å². The molecule has 1 aromatic carbocycles. The summed E-state index contributed by atoms with van der Waals surface area (Å²) in [5.41, 5.74) is 8.34. The lowest BCUT2D eigenvalue weighted by Crippen LogP contribution is -2.00. The van der Waals surface area contributed by atoms with E-state index in [1.807, 2.05) is 6.07 Å². The SMILES string of the molecule is Nc1onc(C2CCCCCC2)c1-c1cccc(F)c1. The molecule has 1 aliphatic carbocycles. The molecule has 4 heteroatoms. The molecule has 0 amide bonds. The molecule has 1 aromatic heterocycles. The summed E-state index contributed by atoms with van der Waals surface area (Å²) in [6.45, 7) is 0. The highest BCUT2D eigenvalue weighted by Gasteiger charge is 2.24. The third-order valence-electron chi connectivity index (χ3n) is 4.10. The summed E-state index contributed by atoms with van der Waals surface area (Å²) in [5, 5.41) is 4.16. The Labute approximate surface area is 118 Å². The molecule has 0 aliphatic heterocycles. The summed E-state index contributed by atoms with van der Waals surface area (Å²) in [4.78, 5) is 0. The van der Waals surface area contributed by atoms with E-state index in [0.29, 0.717) is 5.92 Å². The number of halogens is 1. The smallest absolute Gasteiger partial charge is 0.230 e. The first-order chi connectivity index (χ1) is 9.75. The molecule has 0 saturated heterocycles. The summed E-state index contributed by atoms with van der Waals surface area (Å²) in [6, 6.07) is 6.46. The van der Waals surface area contributed by atoms with Gasteiger partial charge in [0.15, 0.2) is 0 Å². The van der Waals surface area contributed by atoms with Gasteiger partial charge < -0.3 is 10.3 Å². The van der Waals surface area contributed by atoms with E-state index in [2.05, 4.69) is 5.16 Å². The van der Waals surface area contributed by atoms with Gasteiger partial charge in [-0.05, 0) is 30.5 Å². The molecule has 0 unspecified atom stereocenters. The van der Waals surface area contributed by atoms with Crippen LogP contribution in [0.15, 0.2) is 28.8 Å². The minimum Gasteiger partial charge on any atom is -0.367 e. The molecule has 0 radical (unpaired) electrons. The molecule has 0 atom stereocenters. The Kier molecular flexibility index (Phi) is 3.72. The van der Waals surface area contributed by atoms with Crippen LogP contribution in [0, 0.1) is 5.82 Å². The van der Waals surface area contributed by atoms with E-state index >= 15 is 0 Å². The molecule has 1 aliphatic rings. The quantitative estimate of drug-likeness (QED) is 0.820. The van der Waals surface area contributed by atoms with Crippen LogP contribution in [-0.2, 0) is 0 Å². The van der Waals surface area contributed by atoms with Crippen molar-refractivity contribution in [2.45, 2.75) is 44.4 Å². The first-order valence-electron chi connectivity index (χ1n) is 7.26. The van der Waals surface area contributed by atoms with Gasteiger partial charge >= 0.3 is 0 Å². The fourth-order valence-electron chi connectivity index (χ4n) is 3.08. The number of anilines is 1. The molecule has 1 saturated carbocycles. The van der Waals surface area contributed by atoms with Crippen LogP contribution in [0.5, 0.6) is 0 Å². The lowest BCUT2D eigenvalue weighted by molar-refractivity contribution is 0.413. The van der Waals surface area contributed by atoms with Crippen LogP contribution in [-0.4, -0.2) is 5.16 Å². The first kappa shape index (κ1) is 13.2. The number of hydrogen-bond acceptors (Lipinski definition) is 3. The molecule has 3 nitrogen and oxygen atoms in total. The predicted molar refractivity (Wildman–Crippen MR) is 76.8 cm³/mol. The highest BCUT2D eigenvalue weighted by Crippen LogP contribution is 2.39. The summed E-state index contributed by atoms with van der Waals surface area (Å²) in [5.74, 6) is 0.390. The Morgan fingerprint density at radius 2 is 1.90 bits per heavy atom. The van der Waals surface area contributed by atoms with Crippen LogP contribution in [0.3, 0.4) is 0 Å². The van der Waals surface area contributed by atoms with Gasteiger partial charge in [-0.3, -0.25) is 0 Å². The highest BCUT2D eigenvalue weighted by atomic mass is 19.1. The molecule has 0 bridgehead atoms. The maximum Gasteiger partial charge on any atom is 0.230 e. The van der Waals surface area contributed by atoms with E-state index in [0.717, 1.165) is 29.7 Å². The fraction of sp³-hybridized carbons (Fsp3) is 0.438. The van der Waals surface area contributed by atoms with Crippen molar-refractivity contribution in [3.05, 3.63) is 35.8 Å². The molecule has 2 N–H and O–H groups in total. The molecule has 3 rings (SSSR count). The minimum atomic E-state index is -0.269. The summed E-state index contributed by atoms with van der Waals surface area (Å²) < 4.78 is 18.6. The van der Waals surface area contributed by atoms with Crippen molar-refractivity contribution < 1.29 is 8.91 Å². The highest BCUT2D eigenvalue weighted by molar-refractivity contribution is 5.75. The average molecular weight is 274 g/mol. The number of nitrogens with zero attached hydrogens (tertiary/aromatic N) is 1. The molecule has 1 heterocycles. The van der Waals surface area contributed by atoms with Crippen molar-refractivity contribution in [3.8, 4) is 11.1 Å². The lowest BCUT2D eigenvalue weighted by Gasteiger charge is -2.12. The van der Waals surface area contributed by atoms with Crippen molar-refractivity contribution in [2.24, 2.45) is 0 Å². The fourth-order valence-corrected chi connectivity index (χ4v) is 3.08. The van der Waals surface area contributed by atoms with E-state index in [1.165, 1.54) is 37.8 Å². The van der Waals surface area contributed by atoms with Gasteiger partial charge in [0.05, 0.1) is 11.3 Å². The molecule has 0 spiro atoms. The van der Waals surface area contributed by atoms with Crippen LogP contribution < -0.4 is 5.73 Å². The molecular weight excluding hydrogens is 255 g/mol. The van der Waals surface area contributed by atoms with E-state index in [1.54, 1.807) is 6.07 Å². The van der Waals surface area contributed by atoms with Crippen LogP contribution in [0.4, 0.5) is 10.3 Å². The molecule has 1 fully saturated rings. The van der Waals surface area contributed by atoms with Gasteiger partial charge in [0, 0.05) is 5.92 Å². The normalized spacial score (nSPS) is 17.1. The molecular formula is C16H19FN2O. The van der Waals surface area contributed by atoms with Gasteiger partial charge in [0.25, 0.3) is 0 Å². The van der Waals surface area contributed by atoms with Gasteiger partial charge in [-0.1, -0.05) is 43.0 Å². The van der Waals surface area contributed by atoms with Gasteiger partial charge in [-0.25, -0.2) is 4.39 Å². The van der Waals surface area contributed by atoms with Crippen LogP contribution in [0.25, 0.3) is 11.1 Å². The monoisotopic (exact) mass is 274 g/mol. The van der Waals surface area contributed by atoms with Crippen LogP contribution >= 0.6 is 0 Å². The Morgan fingerprint density at radius 1 is 1.15 bits per heavy atom. The van der Waals surface area contributed by atoms with Crippen molar-refractivity contribution in [1.82, 2.24) is 5.16 Å². The predicted octanol–water partition coefficient (Wildman–Crippen LogP) is 4.50. The Hall–Kier alpha value is -1.84. The van der Waals surface area contributed by atoms with Gasteiger partial charge in [0.2, 0.25) is 5.88 Å². The molecule has 2 aromatic rings. The Morgan fingerprint density at radius 3 is 2.60 bits per heavy atom. The summed E-state index contributed by atoms with van der Waals surface area (Å²) >= 11 is 0. The number of nitrogen functional groups attached to an aromatic ring is 1. The summed E-state index contributed by atoms with van der Waals surface area (Å²) in [6.07, 6.45) is 7.18. The number of aromatic nitrogens is 1. The zero-order chi connectivity index (χ0) is 13.9. The third kappa shape index (κ3) is 2.55. The first-order valence-corrected chi connectivity index (χ1v) is 7.26. The number of hydrogen-bond donors (Lipinski definition) is 1. The summed E-state index contributed by atoms with van der Waals surface area (Å²) in [7, 11) is 0. The third-order valence-corrected chi connectivity index (χ3v) is 4.10. The number of rotatable bonds is 2. The minimum absolute atomic E-state index is 0.269. The molecule has 20 heavy (non-hydrogen) atoms. The number of nitrogens with two attached hydrogens (primary N) is 1. The second-order valence-corrected chi connectivity index (χ2v) is 5.51. The zero-order valence-corrected chi connectivity index (χ0v) is 11.4. The van der Waals surface area contributed by atoms with Crippen LogP contribution in [0.2, 0.25) is 0 Å². The van der Waals surface area contributed by atoms with Crippen molar-refractivity contribution >= 4 is 5.88 Å². The second kappa shape index (κ2) is 5.65. The topological polar surface area (TPSA) is 52.0 Å². The van der Waals surface area contributed by atoms with E-state index in [-0.39, 0.29) is 11.7 Å². The van der Waals surface area contributed by atoms with Crippen molar-refractivity contribution in [2.75, 3.05) is 5.73 Å². The lowest BCUT2D eigenvalue weighted by atomic mass is 9.91. The van der Waals surface area contributed by atoms with Crippen molar-refractivity contribution in [3.63, 3.8) is 0 Å². The average Bonchev–Trinajstić information content (AvgIpc) is 2.65. The standard InChI is InChI=1S/C16H19FN2O/c17-13-9-5-8-12(10-13)14-15(19-20-16(14)18)11-6-3-1-2-4-7-11/h5,8-11H,1-4,6-7,18H2. The van der Waals surface area contributed by atoms with E-state index in [4.69, 9.17) is 10.3 Å². The second-order valence-electron chi connectivity index (χ2n) is 5.51. The maximum absolute atomic E-state index is 13.4. The Bertz CT molecular complexity index is 586. The Balaban J connectivity index is 2.00. The number of benzene rings is 1. The van der Waals surface area contributed by atoms with Crippen LogP contribution in [0.1, 0.15) is 50.1 Å². The van der Waals surface area contributed by atoms with Gasteiger partial charge in [-0.15, -0.1) is 0 Å². The zero-order valence-electron chi connectivity index (χ0n) is 11.4. The molecule has 106 valence electrons. The van der Waals surface area contributed by atoms with Crippen molar-refractivity contribution in [1.29, 1.82) is 0 Å². The van der Waals surface area contributed by atoms with E-state index < -0.39 is 0 Å². The maximum atomic E-state index is 13.4.